The van der Waals surface area contributed by atoms with Crippen LogP contribution in [0.5, 0.6) is 0 Å². The van der Waals surface area contributed by atoms with Gasteiger partial charge in [-0.15, -0.1) is 11.3 Å². The minimum atomic E-state index is 1.26. The summed E-state index contributed by atoms with van der Waals surface area (Å²) in [5, 5.41) is 2.18. The summed E-state index contributed by atoms with van der Waals surface area (Å²) >= 11 is 5.48. The van der Waals surface area contributed by atoms with Crippen molar-refractivity contribution in [2.45, 2.75) is 77.6 Å². The molecule has 0 atom stereocenters. The maximum atomic E-state index is 3.60. The highest BCUT2D eigenvalue weighted by Crippen LogP contribution is 2.24. The molecule has 0 unspecified atom stereocenters. The van der Waals surface area contributed by atoms with E-state index in [-0.39, 0.29) is 0 Å². The number of hydrogen-bond acceptors (Lipinski definition) is 1. The second-order valence-corrected chi connectivity index (χ2v) is 6.98. The van der Waals surface area contributed by atoms with Gasteiger partial charge in [0.25, 0.3) is 0 Å². The molecule has 1 heterocycles. The van der Waals surface area contributed by atoms with Crippen molar-refractivity contribution in [1.82, 2.24) is 0 Å². The van der Waals surface area contributed by atoms with Crippen LogP contribution in [0.15, 0.2) is 15.9 Å². The van der Waals surface area contributed by atoms with Crippen molar-refractivity contribution in [2.24, 2.45) is 0 Å². The van der Waals surface area contributed by atoms with Crippen LogP contribution in [-0.2, 0) is 6.42 Å². The van der Waals surface area contributed by atoms with E-state index < -0.39 is 0 Å². The van der Waals surface area contributed by atoms with Gasteiger partial charge in [-0.3, -0.25) is 0 Å². The van der Waals surface area contributed by atoms with E-state index in [9.17, 15) is 0 Å². The van der Waals surface area contributed by atoms with E-state index in [1.165, 1.54) is 80.0 Å². The van der Waals surface area contributed by atoms with Gasteiger partial charge in [-0.05, 0) is 40.2 Å². The van der Waals surface area contributed by atoms with Crippen molar-refractivity contribution < 1.29 is 0 Å². The Hall–Kier alpha value is 0.180. The fraction of sp³-hybridized carbons (Fsp3) is 0.750. The standard InChI is InChI=1S/C16H27BrS/c1-2-3-4-5-6-7-8-9-10-11-12-16-15(17)13-14-18-16/h13-14H,2-12H2,1H3. The molecule has 0 amide bonds. The van der Waals surface area contributed by atoms with Gasteiger partial charge in [0, 0.05) is 9.35 Å². The van der Waals surface area contributed by atoms with Gasteiger partial charge in [-0.2, -0.15) is 0 Å². The van der Waals surface area contributed by atoms with Crippen LogP contribution >= 0.6 is 27.3 Å². The molecule has 0 fully saturated rings. The van der Waals surface area contributed by atoms with Gasteiger partial charge in [0.2, 0.25) is 0 Å². The monoisotopic (exact) mass is 330 g/mol. The molecule has 0 aromatic carbocycles. The van der Waals surface area contributed by atoms with Gasteiger partial charge < -0.3 is 0 Å². The minimum absolute atomic E-state index is 1.26. The zero-order chi connectivity index (χ0) is 13.1. The quantitative estimate of drug-likeness (QED) is 0.384. The average Bonchev–Trinajstić information content (AvgIpc) is 2.77. The molecule has 18 heavy (non-hydrogen) atoms. The summed E-state index contributed by atoms with van der Waals surface area (Å²) < 4.78 is 1.31. The van der Waals surface area contributed by atoms with Crippen molar-refractivity contribution in [1.29, 1.82) is 0 Å². The second-order valence-electron chi connectivity index (χ2n) is 5.12. The average molecular weight is 331 g/mol. The van der Waals surface area contributed by atoms with E-state index >= 15 is 0 Å². The van der Waals surface area contributed by atoms with Crippen molar-refractivity contribution in [3.05, 3.63) is 20.8 Å². The van der Waals surface area contributed by atoms with Crippen molar-refractivity contribution in [3.63, 3.8) is 0 Å². The van der Waals surface area contributed by atoms with Crippen LogP contribution in [-0.4, -0.2) is 0 Å². The Morgan fingerprint density at radius 2 is 1.44 bits per heavy atom. The third-order valence-electron chi connectivity index (χ3n) is 3.45. The SMILES string of the molecule is CCCCCCCCCCCCc1sccc1Br. The van der Waals surface area contributed by atoms with Crippen LogP contribution in [0.25, 0.3) is 0 Å². The maximum Gasteiger partial charge on any atom is 0.0314 e. The number of unbranched alkanes of at least 4 members (excludes halogenated alkanes) is 9. The highest BCUT2D eigenvalue weighted by molar-refractivity contribution is 9.10. The van der Waals surface area contributed by atoms with Gasteiger partial charge in [-0.1, -0.05) is 64.7 Å². The van der Waals surface area contributed by atoms with Gasteiger partial charge in [0.15, 0.2) is 0 Å². The zero-order valence-corrected chi connectivity index (χ0v) is 14.1. The van der Waals surface area contributed by atoms with Crippen molar-refractivity contribution in [2.75, 3.05) is 0 Å². The molecule has 104 valence electrons. The molecule has 0 nitrogen and oxygen atoms in total. The first-order valence-corrected chi connectivity index (χ1v) is 9.23. The molecule has 0 aliphatic carbocycles. The lowest BCUT2D eigenvalue weighted by molar-refractivity contribution is 0.557. The topological polar surface area (TPSA) is 0 Å². The summed E-state index contributed by atoms with van der Waals surface area (Å²) in [4.78, 5) is 1.52. The van der Waals surface area contributed by atoms with Crippen LogP contribution < -0.4 is 0 Å². The van der Waals surface area contributed by atoms with Gasteiger partial charge in [-0.25, -0.2) is 0 Å². The lowest BCUT2D eigenvalue weighted by atomic mass is 10.1. The number of aryl methyl sites for hydroxylation is 1. The normalized spacial score (nSPS) is 11.0. The zero-order valence-electron chi connectivity index (χ0n) is 11.7. The Kier molecular flexibility index (Phi) is 9.96. The summed E-state index contributed by atoms with van der Waals surface area (Å²) in [6.07, 6.45) is 15.5. The molecule has 1 aromatic rings. The minimum Gasteiger partial charge on any atom is -0.148 e. The molecular weight excluding hydrogens is 304 g/mol. The fourth-order valence-electron chi connectivity index (χ4n) is 2.28. The van der Waals surface area contributed by atoms with Gasteiger partial charge in [0.05, 0.1) is 0 Å². The Labute approximate surface area is 125 Å². The molecule has 1 rings (SSSR count). The Bertz CT molecular complexity index is 293. The molecule has 0 spiro atoms. The van der Waals surface area contributed by atoms with Gasteiger partial charge in [0.1, 0.15) is 0 Å². The lowest BCUT2D eigenvalue weighted by Gasteiger charge is -2.02. The van der Waals surface area contributed by atoms with Crippen LogP contribution in [0.3, 0.4) is 0 Å². The molecule has 0 N–H and O–H groups in total. The Balaban J connectivity index is 1.83. The highest BCUT2D eigenvalue weighted by atomic mass is 79.9. The summed E-state index contributed by atoms with van der Waals surface area (Å²) in [5.41, 5.74) is 0. The van der Waals surface area contributed by atoms with E-state index in [0.717, 1.165) is 0 Å². The molecule has 0 saturated heterocycles. The first-order chi connectivity index (χ1) is 8.84. The van der Waals surface area contributed by atoms with Crippen LogP contribution in [0, 0.1) is 0 Å². The predicted octanol–water partition coefficient (Wildman–Crippen LogP) is 6.97. The highest BCUT2D eigenvalue weighted by Gasteiger charge is 2.00. The molecule has 0 saturated carbocycles. The molecule has 0 radical (unpaired) electrons. The second kappa shape index (κ2) is 11.0. The van der Waals surface area contributed by atoms with Crippen LogP contribution in [0.1, 0.15) is 76.0 Å². The van der Waals surface area contributed by atoms with Gasteiger partial charge >= 0.3 is 0 Å². The number of thiophene rings is 1. The summed E-state index contributed by atoms with van der Waals surface area (Å²) in [5.74, 6) is 0. The molecule has 1 aromatic heterocycles. The molecule has 0 aliphatic heterocycles. The largest absolute Gasteiger partial charge is 0.148 e. The van der Waals surface area contributed by atoms with E-state index in [1.807, 2.05) is 11.3 Å². The molecule has 0 bridgehead atoms. The molecule has 0 aliphatic rings. The summed E-state index contributed by atoms with van der Waals surface area (Å²) in [7, 11) is 0. The number of rotatable bonds is 11. The van der Waals surface area contributed by atoms with E-state index in [1.54, 1.807) is 0 Å². The first-order valence-electron chi connectivity index (χ1n) is 7.56. The van der Waals surface area contributed by atoms with Crippen molar-refractivity contribution >= 4 is 27.3 Å². The fourth-order valence-corrected chi connectivity index (χ4v) is 3.87. The Morgan fingerprint density at radius 1 is 0.889 bits per heavy atom. The molecule has 2 heteroatoms. The first kappa shape index (κ1) is 16.2. The lowest BCUT2D eigenvalue weighted by Crippen LogP contribution is -1.84. The maximum absolute atomic E-state index is 3.60. The third kappa shape index (κ3) is 7.58. The predicted molar refractivity (Wildman–Crippen MR) is 87.6 cm³/mol. The number of halogens is 1. The van der Waals surface area contributed by atoms with E-state index in [4.69, 9.17) is 0 Å². The van der Waals surface area contributed by atoms with Crippen LogP contribution in [0.4, 0.5) is 0 Å². The van der Waals surface area contributed by atoms with Crippen LogP contribution in [0.2, 0.25) is 0 Å². The van der Waals surface area contributed by atoms with E-state index in [0.29, 0.717) is 0 Å². The Morgan fingerprint density at radius 3 is 1.94 bits per heavy atom. The van der Waals surface area contributed by atoms with Crippen molar-refractivity contribution in [3.8, 4) is 0 Å². The summed E-state index contributed by atoms with van der Waals surface area (Å²) in [6.45, 7) is 2.28. The molecular formula is C16H27BrS. The number of hydrogen-bond donors (Lipinski definition) is 0. The third-order valence-corrected chi connectivity index (χ3v) is 5.43. The summed E-state index contributed by atoms with van der Waals surface area (Å²) in [6, 6.07) is 2.16. The van der Waals surface area contributed by atoms with E-state index in [2.05, 4.69) is 34.3 Å². The smallest absolute Gasteiger partial charge is 0.0314 e.